The van der Waals surface area contributed by atoms with Crippen LogP contribution in [0.15, 0.2) is 22.7 Å². The highest BCUT2D eigenvalue weighted by molar-refractivity contribution is 9.10. The van der Waals surface area contributed by atoms with E-state index >= 15 is 0 Å². The lowest BCUT2D eigenvalue weighted by atomic mass is 9.97. The van der Waals surface area contributed by atoms with Crippen molar-refractivity contribution in [2.24, 2.45) is 0 Å². The van der Waals surface area contributed by atoms with Gasteiger partial charge in [0.15, 0.2) is 0 Å². The second-order valence-electron chi connectivity index (χ2n) is 3.70. The van der Waals surface area contributed by atoms with Gasteiger partial charge in [0.2, 0.25) is 0 Å². The molecule has 0 bridgehead atoms. The van der Waals surface area contributed by atoms with Gasteiger partial charge in [0.25, 0.3) is 5.69 Å². The van der Waals surface area contributed by atoms with Crippen LogP contribution in [0.25, 0.3) is 0 Å². The fraction of sp³-hybridized carbons (Fsp3) is 0.300. The van der Waals surface area contributed by atoms with Gasteiger partial charge < -0.3 is 4.79 Å². The minimum absolute atomic E-state index is 0.0145. The van der Waals surface area contributed by atoms with Crippen LogP contribution >= 0.6 is 15.9 Å². The van der Waals surface area contributed by atoms with E-state index in [-0.39, 0.29) is 5.69 Å². The zero-order chi connectivity index (χ0) is 11.1. The number of carbonyl (C=O) groups is 1. The van der Waals surface area contributed by atoms with E-state index in [1.807, 2.05) is 0 Å². The second kappa shape index (κ2) is 3.41. The second-order valence-corrected chi connectivity index (χ2v) is 4.55. The van der Waals surface area contributed by atoms with Crippen molar-refractivity contribution in [2.75, 3.05) is 0 Å². The van der Waals surface area contributed by atoms with Gasteiger partial charge in [0.05, 0.1) is 14.8 Å². The van der Waals surface area contributed by atoms with Crippen LogP contribution in [-0.2, 0) is 10.2 Å². The molecule has 4 nitrogen and oxygen atoms in total. The van der Waals surface area contributed by atoms with Gasteiger partial charge in [-0.2, -0.15) is 0 Å². The Labute approximate surface area is 94.6 Å². The first-order valence-electron chi connectivity index (χ1n) is 4.50. The molecule has 78 valence electrons. The quantitative estimate of drug-likeness (QED) is 0.482. The number of nitro groups is 1. The molecule has 0 N–H and O–H groups in total. The van der Waals surface area contributed by atoms with Gasteiger partial charge in [-0.05, 0) is 40.4 Å². The van der Waals surface area contributed by atoms with Crippen LogP contribution in [0.1, 0.15) is 18.4 Å². The number of hydrogen-bond donors (Lipinski definition) is 0. The molecule has 1 aromatic carbocycles. The molecule has 1 aliphatic carbocycles. The van der Waals surface area contributed by atoms with E-state index in [1.54, 1.807) is 12.1 Å². The fourth-order valence-corrected chi connectivity index (χ4v) is 1.96. The van der Waals surface area contributed by atoms with Crippen LogP contribution in [-0.4, -0.2) is 11.2 Å². The maximum absolute atomic E-state index is 10.9. The largest absolute Gasteiger partial charge is 0.302 e. The van der Waals surface area contributed by atoms with Crippen molar-refractivity contribution in [1.82, 2.24) is 0 Å². The topological polar surface area (TPSA) is 60.2 Å². The number of benzene rings is 1. The Morgan fingerprint density at radius 2 is 2.13 bits per heavy atom. The molecule has 0 spiro atoms. The molecular weight excluding hydrogens is 262 g/mol. The molecule has 0 atom stereocenters. The van der Waals surface area contributed by atoms with Crippen molar-refractivity contribution < 1.29 is 9.72 Å². The molecule has 1 aromatic rings. The molecule has 1 saturated carbocycles. The summed E-state index contributed by atoms with van der Waals surface area (Å²) in [5.74, 6) is 0. The van der Waals surface area contributed by atoms with Gasteiger partial charge in [-0.1, -0.05) is 6.07 Å². The molecule has 0 amide bonds. The van der Waals surface area contributed by atoms with Crippen LogP contribution in [0, 0.1) is 10.1 Å². The van der Waals surface area contributed by atoms with Gasteiger partial charge in [0, 0.05) is 6.07 Å². The summed E-state index contributed by atoms with van der Waals surface area (Å²) in [6.07, 6.45) is 2.46. The maximum Gasteiger partial charge on any atom is 0.283 e. The number of carbonyl (C=O) groups excluding carboxylic acids is 1. The predicted molar refractivity (Wildman–Crippen MR) is 57.8 cm³/mol. The normalized spacial score (nSPS) is 17.1. The highest BCUT2D eigenvalue weighted by atomic mass is 79.9. The minimum atomic E-state index is -0.453. The Balaban J connectivity index is 2.47. The minimum Gasteiger partial charge on any atom is -0.302 e. The Morgan fingerprint density at radius 3 is 2.60 bits per heavy atom. The van der Waals surface area contributed by atoms with Gasteiger partial charge in [0.1, 0.15) is 6.29 Å². The lowest BCUT2D eigenvalue weighted by Gasteiger charge is -2.07. The van der Waals surface area contributed by atoms with Gasteiger partial charge in [-0.15, -0.1) is 0 Å². The van der Waals surface area contributed by atoms with Crippen LogP contribution in [0.3, 0.4) is 0 Å². The van der Waals surface area contributed by atoms with Crippen LogP contribution in [0.2, 0.25) is 0 Å². The van der Waals surface area contributed by atoms with E-state index in [2.05, 4.69) is 15.9 Å². The maximum atomic E-state index is 10.9. The lowest BCUT2D eigenvalue weighted by Crippen LogP contribution is -2.08. The van der Waals surface area contributed by atoms with Gasteiger partial charge in [-0.3, -0.25) is 10.1 Å². The highest BCUT2D eigenvalue weighted by Gasteiger charge is 2.44. The molecule has 0 unspecified atom stereocenters. The Morgan fingerprint density at radius 1 is 1.47 bits per heavy atom. The van der Waals surface area contributed by atoms with Crippen molar-refractivity contribution in [1.29, 1.82) is 0 Å². The summed E-state index contributed by atoms with van der Waals surface area (Å²) in [5.41, 5.74) is 0.305. The van der Waals surface area contributed by atoms with Crippen LogP contribution in [0.4, 0.5) is 5.69 Å². The number of rotatable bonds is 3. The molecule has 5 heteroatoms. The summed E-state index contributed by atoms with van der Waals surface area (Å²) in [5, 5.41) is 10.7. The summed E-state index contributed by atoms with van der Waals surface area (Å²) in [7, 11) is 0. The Hall–Kier alpha value is -1.23. The number of aldehydes is 1. The molecule has 0 saturated heterocycles. The predicted octanol–water partition coefficient (Wildman–Crippen LogP) is 2.59. The molecule has 0 aliphatic heterocycles. The standard InChI is InChI=1S/C10H8BrNO3/c11-8-2-1-7(5-9(8)12(14)15)10(6-13)3-4-10/h1-2,5-6H,3-4H2. The molecule has 1 aliphatic rings. The zero-order valence-corrected chi connectivity index (χ0v) is 9.36. The van der Waals surface area contributed by atoms with E-state index in [4.69, 9.17) is 0 Å². The third kappa shape index (κ3) is 1.67. The molecular formula is C10H8BrNO3. The first-order valence-corrected chi connectivity index (χ1v) is 5.29. The van der Waals surface area contributed by atoms with Crippen molar-refractivity contribution in [3.63, 3.8) is 0 Å². The summed E-state index contributed by atoms with van der Waals surface area (Å²) >= 11 is 3.11. The van der Waals surface area contributed by atoms with Crippen molar-refractivity contribution >= 4 is 27.9 Å². The Kier molecular flexibility index (Phi) is 2.34. The summed E-state index contributed by atoms with van der Waals surface area (Å²) < 4.78 is 0.443. The average Bonchev–Trinajstić information content (AvgIpc) is 2.99. The van der Waals surface area contributed by atoms with Crippen molar-refractivity contribution in [2.45, 2.75) is 18.3 Å². The van der Waals surface area contributed by atoms with Crippen LogP contribution < -0.4 is 0 Å². The lowest BCUT2D eigenvalue weighted by molar-refractivity contribution is -0.385. The molecule has 15 heavy (non-hydrogen) atoms. The summed E-state index contributed by atoms with van der Waals surface area (Å²) in [6, 6.07) is 4.86. The third-order valence-electron chi connectivity index (χ3n) is 2.73. The summed E-state index contributed by atoms with van der Waals surface area (Å²) in [4.78, 5) is 21.1. The van der Waals surface area contributed by atoms with Gasteiger partial charge >= 0.3 is 0 Å². The van der Waals surface area contributed by atoms with E-state index in [0.717, 1.165) is 24.7 Å². The van der Waals surface area contributed by atoms with Gasteiger partial charge in [-0.25, -0.2) is 0 Å². The molecule has 0 aromatic heterocycles. The number of nitrogens with zero attached hydrogens (tertiary/aromatic N) is 1. The SMILES string of the molecule is O=CC1(c2ccc(Br)c([N+](=O)[O-])c2)CC1. The van der Waals surface area contributed by atoms with Crippen LogP contribution in [0.5, 0.6) is 0 Å². The van der Waals surface area contributed by atoms with E-state index in [9.17, 15) is 14.9 Å². The molecule has 2 rings (SSSR count). The monoisotopic (exact) mass is 269 g/mol. The zero-order valence-electron chi connectivity index (χ0n) is 7.77. The van der Waals surface area contributed by atoms with E-state index in [0.29, 0.717) is 4.47 Å². The number of hydrogen-bond acceptors (Lipinski definition) is 3. The fourth-order valence-electron chi connectivity index (χ4n) is 1.57. The average molecular weight is 270 g/mol. The third-order valence-corrected chi connectivity index (χ3v) is 3.40. The summed E-state index contributed by atoms with van der Waals surface area (Å²) in [6.45, 7) is 0. The first-order chi connectivity index (χ1) is 7.09. The van der Waals surface area contributed by atoms with E-state index < -0.39 is 10.3 Å². The molecule has 1 fully saturated rings. The first kappa shape index (κ1) is 10.3. The molecule has 0 heterocycles. The van der Waals surface area contributed by atoms with Crippen molar-refractivity contribution in [3.8, 4) is 0 Å². The molecule has 0 radical (unpaired) electrons. The highest BCUT2D eigenvalue weighted by Crippen LogP contribution is 2.47. The smallest absolute Gasteiger partial charge is 0.283 e. The van der Waals surface area contributed by atoms with E-state index in [1.165, 1.54) is 6.07 Å². The Bertz CT molecular complexity index is 440. The number of nitro benzene ring substituents is 1. The number of halogens is 1. The van der Waals surface area contributed by atoms with Crippen molar-refractivity contribution in [3.05, 3.63) is 38.3 Å².